The van der Waals surface area contributed by atoms with Gasteiger partial charge >= 0.3 is 0 Å². The summed E-state index contributed by atoms with van der Waals surface area (Å²) in [6, 6.07) is 5.48. The van der Waals surface area contributed by atoms with Crippen molar-refractivity contribution in [3.8, 4) is 5.75 Å². The number of phenols is 1. The zero-order chi connectivity index (χ0) is 19.4. The van der Waals surface area contributed by atoms with Crippen molar-refractivity contribution < 1.29 is 5.11 Å². The van der Waals surface area contributed by atoms with Crippen LogP contribution in [-0.4, -0.2) is 37.5 Å². The Morgan fingerprint density at radius 3 is 3.04 bits per heavy atom. The van der Waals surface area contributed by atoms with Crippen LogP contribution in [0.25, 0.3) is 15.9 Å². The molecule has 0 amide bonds. The fourth-order valence-corrected chi connectivity index (χ4v) is 5.13. The van der Waals surface area contributed by atoms with E-state index in [1.165, 1.54) is 22.6 Å². The maximum absolute atomic E-state index is 13.0. The molecule has 0 unspecified atom stereocenters. The van der Waals surface area contributed by atoms with Gasteiger partial charge in [0.1, 0.15) is 5.75 Å². The third-order valence-electron chi connectivity index (χ3n) is 5.76. The SMILES string of the molecule is Cc1nc2scc(C)n2c(=O)c1CCN1CCc2[nH]c3ccc(O)cc3c2C1. The van der Waals surface area contributed by atoms with Gasteiger partial charge in [-0.15, -0.1) is 11.3 Å². The van der Waals surface area contributed by atoms with Crippen molar-refractivity contribution in [1.82, 2.24) is 19.3 Å². The maximum atomic E-state index is 13.0. The van der Waals surface area contributed by atoms with E-state index in [1.807, 2.05) is 31.4 Å². The molecule has 6 nitrogen and oxygen atoms in total. The quantitative estimate of drug-likeness (QED) is 0.560. The monoisotopic (exact) mass is 394 g/mol. The molecule has 0 fully saturated rings. The molecule has 4 heterocycles. The average Bonchev–Trinajstić information content (AvgIpc) is 3.21. The minimum Gasteiger partial charge on any atom is -0.508 e. The lowest BCUT2D eigenvalue weighted by Gasteiger charge is -2.27. The van der Waals surface area contributed by atoms with Crippen LogP contribution in [0, 0.1) is 13.8 Å². The molecular weight excluding hydrogens is 372 g/mol. The molecule has 0 atom stereocenters. The summed E-state index contributed by atoms with van der Waals surface area (Å²) in [4.78, 5) is 24.2. The lowest BCUT2D eigenvalue weighted by atomic mass is 10.0. The first-order valence-electron chi connectivity index (χ1n) is 9.52. The summed E-state index contributed by atoms with van der Waals surface area (Å²) in [5.41, 5.74) is 6.23. The first-order chi connectivity index (χ1) is 13.5. The Morgan fingerprint density at radius 1 is 1.32 bits per heavy atom. The molecule has 0 saturated carbocycles. The molecule has 0 saturated heterocycles. The molecule has 28 heavy (non-hydrogen) atoms. The Bertz CT molecular complexity index is 1270. The van der Waals surface area contributed by atoms with Crippen LogP contribution in [0.1, 0.15) is 28.2 Å². The zero-order valence-electron chi connectivity index (χ0n) is 16.0. The van der Waals surface area contributed by atoms with Crippen LogP contribution in [0.2, 0.25) is 0 Å². The Balaban J connectivity index is 1.41. The van der Waals surface area contributed by atoms with E-state index in [9.17, 15) is 9.90 Å². The first-order valence-corrected chi connectivity index (χ1v) is 10.4. The molecule has 5 rings (SSSR count). The Labute approximate surface area is 166 Å². The van der Waals surface area contributed by atoms with Crippen LogP contribution in [0.15, 0.2) is 28.4 Å². The number of aromatic amines is 1. The van der Waals surface area contributed by atoms with Gasteiger partial charge in [0.25, 0.3) is 5.56 Å². The van der Waals surface area contributed by atoms with Gasteiger partial charge in [-0.3, -0.25) is 14.1 Å². The lowest BCUT2D eigenvalue weighted by molar-refractivity contribution is 0.257. The summed E-state index contributed by atoms with van der Waals surface area (Å²) in [5.74, 6) is 0.292. The van der Waals surface area contributed by atoms with E-state index in [0.717, 1.165) is 58.9 Å². The molecule has 0 spiro atoms. The first kappa shape index (κ1) is 17.5. The summed E-state index contributed by atoms with van der Waals surface area (Å²) < 4.78 is 1.73. The summed E-state index contributed by atoms with van der Waals surface area (Å²) in [6.45, 7) is 6.48. The van der Waals surface area contributed by atoms with E-state index < -0.39 is 0 Å². The van der Waals surface area contributed by atoms with Crippen LogP contribution in [0.5, 0.6) is 5.75 Å². The van der Waals surface area contributed by atoms with Gasteiger partial charge in [-0.25, -0.2) is 4.98 Å². The van der Waals surface area contributed by atoms with Crippen LogP contribution >= 0.6 is 11.3 Å². The predicted molar refractivity (Wildman–Crippen MR) is 111 cm³/mol. The summed E-state index contributed by atoms with van der Waals surface area (Å²) in [7, 11) is 0. The molecule has 1 aliphatic rings. The van der Waals surface area contributed by atoms with Gasteiger partial charge in [0, 0.05) is 65.0 Å². The van der Waals surface area contributed by atoms with E-state index in [-0.39, 0.29) is 5.56 Å². The third-order valence-corrected chi connectivity index (χ3v) is 6.70. The number of phenolic OH excluding ortho intramolecular Hbond substituents is 1. The van der Waals surface area contributed by atoms with E-state index in [0.29, 0.717) is 12.2 Å². The second kappa shape index (κ2) is 6.46. The fraction of sp³-hybridized carbons (Fsp3) is 0.333. The third kappa shape index (κ3) is 2.73. The molecule has 7 heteroatoms. The number of aryl methyl sites for hydroxylation is 2. The highest BCUT2D eigenvalue weighted by Crippen LogP contribution is 2.30. The number of fused-ring (bicyclic) bond motifs is 4. The Hall–Kier alpha value is -2.64. The number of aromatic nitrogens is 3. The van der Waals surface area contributed by atoms with Gasteiger partial charge in [0.05, 0.1) is 0 Å². The van der Waals surface area contributed by atoms with Gasteiger partial charge in [-0.05, 0) is 44.0 Å². The largest absolute Gasteiger partial charge is 0.508 e. The zero-order valence-corrected chi connectivity index (χ0v) is 16.8. The lowest BCUT2D eigenvalue weighted by Crippen LogP contribution is -2.33. The van der Waals surface area contributed by atoms with Gasteiger partial charge in [0.15, 0.2) is 4.96 Å². The van der Waals surface area contributed by atoms with E-state index >= 15 is 0 Å². The minimum atomic E-state index is 0.0657. The second-order valence-electron chi connectivity index (χ2n) is 7.56. The van der Waals surface area contributed by atoms with Crippen molar-refractivity contribution >= 4 is 27.2 Å². The topological polar surface area (TPSA) is 73.6 Å². The van der Waals surface area contributed by atoms with Gasteiger partial charge in [0.2, 0.25) is 0 Å². The Kier molecular flexibility index (Phi) is 4.03. The van der Waals surface area contributed by atoms with Crippen LogP contribution in [0.4, 0.5) is 0 Å². The smallest absolute Gasteiger partial charge is 0.262 e. The molecular formula is C21H22N4O2S. The number of nitrogens with zero attached hydrogens (tertiary/aromatic N) is 3. The van der Waals surface area contributed by atoms with Crippen LogP contribution in [0.3, 0.4) is 0 Å². The molecule has 4 aromatic rings. The number of benzene rings is 1. The molecule has 3 aromatic heterocycles. The fourth-order valence-electron chi connectivity index (χ4n) is 4.22. The molecule has 0 radical (unpaired) electrons. The summed E-state index contributed by atoms with van der Waals surface area (Å²) >= 11 is 1.51. The predicted octanol–water partition coefficient (Wildman–Crippen LogP) is 3.16. The van der Waals surface area contributed by atoms with E-state index in [4.69, 9.17) is 0 Å². The van der Waals surface area contributed by atoms with Crippen molar-refractivity contribution in [2.45, 2.75) is 33.2 Å². The number of hydrogen-bond donors (Lipinski definition) is 2. The molecule has 0 aliphatic carbocycles. The number of aromatic hydroxyl groups is 1. The van der Waals surface area contributed by atoms with Crippen molar-refractivity contribution in [1.29, 1.82) is 0 Å². The van der Waals surface area contributed by atoms with Gasteiger partial charge in [-0.2, -0.15) is 0 Å². The summed E-state index contributed by atoms with van der Waals surface area (Å²) in [5, 5.41) is 12.9. The maximum Gasteiger partial charge on any atom is 0.262 e. The highest BCUT2D eigenvalue weighted by atomic mass is 32.1. The van der Waals surface area contributed by atoms with Crippen molar-refractivity contribution in [2.75, 3.05) is 13.1 Å². The molecule has 1 aliphatic heterocycles. The standard InChI is InChI=1S/C21H22N4O2S/c1-12-11-28-21-22-13(2)15(20(27)25(12)21)5-7-24-8-6-19-17(10-24)16-9-14(26)3-4-18(16)23-19/h3-4,9,11,23,26H,5-8,10H2,1-2H3. The number of H-pyrrole nitrogens is 1. The van der Waals surface area contributed by atoms with Crippen molar-refractivity contribution in [3.05, 3.63) is 62.1 Å². The molecule has 1 aromatic carbocycles. The number of thiazole rings is 1. The number of rotatable bonds is 3. The van der Waals surface area contributed by atoms with Gasteiger partial charge in [-0.1, -0.05) is 0 Å². The highest BCUT2D eigenvalue weighted by molar-refractivity contribution is 7.15. The Morgan fingerprint density at radius 2 is 2.18 bits per heavy atom. The minimum absolute atomic E-state index is 0.0657. The van der Waals surface area contributed by atoms with E-state index in [2.05, 4.69) is 14.9 Å². The normalized spacial score (nSPS) is 14.8. The second-order valence-corrected chi connectivity index (χ2v) is 8.40. The molecule has 144 valence electrons. The molecule has 0 bridgehead atoms. The number of hydrogen-bond acceptors (Lipinski definition) is 5. The molecule has 2 N–H and O–H groups in total. The van der Waals surface area contributed by atoms with Gasteiger partial charge < -0.3 is 10.1 Å². The van der Waals surface area contributed by atoms with E-state index in [1.54, 1.807) is 10.5 Å². The number of nitrogens with one attached hydrogen (secondary N) is 1. The van der Waals surface area contributed by atoms with Crippen LogP contribution < -0.4 is 5.56 Å². The summed E-state index contributed by atoms with van der Waals surface area (Å²) in [6.07, 6.45) is 1.64. The van der Waals surface area contributed by atoms with Crippen LogP contribution in [-0.2, 0) is 19.4 Å². The average molecular weight is 395 g/mol. The van der Waals surface area contributed by atoms with Crippen molar-refractivity contribution in [3.63, 3.8) is 0 Å². The van der Waals surface area contributed by atoms with Crippen molar-refractivity contribution in [2.24, 2.45) is 0 Å². The highest BCUT2D eigenvalue weighted by Gasteiger charge is 2.22.